The molecule has 0 aliphatic carbocycles. The summed E-state index contributed by atoms with van der Waals surface area (Å²) in [4.78, 5) is 25.3. The molecule has 0 saturated heterocycles. The van der Waals surface area contributed by atoms with Gasteiger partial charge in [-0.2, -0.15) is 0 Å². The van der Waals surface area contributed by atoms with E-state index in [9.17, 15) is 14.7 Å². The molecule has 1 aromatic heterocycles. The number of ether oxygens (including phenoxy) is 1. The summed E-state index contributed by atoms with van der Waals surface area (Å²) < 4.78 is 10.4. The smallest absolute Gasteiger partial charge is 0.408 e. The van der Waals surface area contributed by atoms with Gasteiger partial charge in [0, 0.05) is 18.6 Å². The molecule has 0 fully saturated rings. The molecule has 1 atom stereocenters. The number of aryl methyl sites for hydroxylation is 1. The average Bonchev–Trinajstić information content (AvgIpc) is 3.14. The number of hydrogen-bond donors (Lipinski definition) is 3. The highest BCUT2D eigenvalue weighted by atomic mass is 16.6. The standard InChI is InChI=1S/C24H35N3O5/c1-23(2,3)32-22(30)26-24(4,5)21(29)25-19(20-18(14-15-28)16-31-27-20)13-9-12-17-10-7-6-8-11-17/h6-8,10-11,16,19,28H,9,12-15H2,1-5H3,(H,25,29)(H,26,30). The number of nitrogens with one attached hydrogen (secondary N) is 2. The molecule has 8 nitrogen and oxygen atoms in total. The minimum absolute atomic E-state index is 0.0510. The molecule has 1 heterocycles. The number of rotatable bonds is 10. The van der Waals surface area contributed by atoms with Crippen LogP contribution in [0.4, 0.5) is 4.79 Å². The third-order valence-corrected chi connectivity index (χ3v) is 4.87. The molecule has 2 amide bonds. The van der Waals surface area contributed by atoms with Gasteiger partial charge in [-0.15, -0.1) is 0 Å². The predicted molar refractivity (Wildman–Crippen MR) is 121 cm³/mol. The van der Waals surface area contributed by atoms with Crippen LogP contribution in [0.25, 0.3) is 0 Å². The maximum absolute atomic E-state index is 13.1. The second-order valence-electron chi connectivity index (χ2n) is 9.35. The fourth-order valence-corrected chi connectivity index (χ4v) is 3.25. The average molecular weight is 446 g/mol. The van der Waals surface area contributed by atoms with Crippen LogP contribution in [0, 0.1) is 0 Å². The van der Waals surface area contributed by atoms with Gasteiger partial charge < -0.3 is 25.0 Å². The predicted octanol–water partition coefficient (Wildman–Crippen LogP) is 3.69. The van der Waals surface area contributed by atoms with E-state index in [2.05, 4.69) is 27.9 Å². The van der Waals surface area contributed by atoms with Gasteiger partial charge in [0.15, 0.2) is 0 Å². The largest absolute Gasteiger partial charge is 0.444 e. The summed E-state index contributed by atoms with van der Waals surface area (Å²) in [5, 5.41) is 19.1. The van der Waals surface area contributed by atoms with E-state index in [1.54, 1.807) is 34.6 Å². The molecule has 0 saturated carbocycles. The van der Waals surface area contributed by atoms with Gasteiger partial charge >= 0.3 is 6.09 Å². The van der Waals surface area contributed by atoms with E-state index in [1.165, 1.54) is 11.8 Å². The van der Waals surface area contributed by atoms with Crippen LogP contribution < -0.4 is 10.6 Å². The number of carbonyl (C=O) groups is 2. The maximum atomic E-state index is 13.1. The van der Waals surface area contributed by atoms with E-state index in [4.69, 9.17) is 9.26 Å². The fraction of sp³-hybridized carbons (Fsp3) is 0.542. The number of carbonyl (C=O) groups excluding carboxylic acids is 2. The van der Waals surface area contributed by atoms with Crippen molar-refractivity contribution in [1.29, 1.82) is 0 Å². The van der Waals surface area contributed by atoms with Crippen LogP contribution in [-0.4, -0.2) is 40.0 Å². The van der Waals surface area contributed by atoms with Crippen molar-refractivity contribution in [2.24, 2.45) is 0 Å². The highest BCUT2D eigenvalue weighted by Gasteiger charge is 2.34. The summed E-state index contributed by atoms with van der Waals surface area (Å²) in [5.74, 6) is -0.369. The number of benzene rings is 1. The van der Waals surface area contributed by atoms with Crippen molar-refractivity contribution in [3.63, 3.8) is 0 Å². The second kappa shape index (κ2) is 11.1. The SMILES string of the molecule is CC(C)(C)OC(=O)NC(C)(C)C(=O)NC(CCCc1ccccc1)c1nocc1CCO. The van der Waals surface area contributed by atoms with Crippen LogP contribution in [0.1, 0.15) is 70.3 Å². The summed E-state index contributed by atoms with van der Waals surface area (Å²) in [5.41, 5.74) is 0.668. The van der Waals surface area contributed by atoms with Crippen LogP contribution >= 0.6 is 0 Å². The van der Waals surface area contributed by atoms with Gasteiger partial charge in [0.25, 0.3) is 0 Å². The van der Waals surface area contributed by atoms with Crippen molar-refractivity contribution in [3.8, 4) is 0 Å². The van der Waals surface area contributed by atoms with Crippen molar-refractivity contribution in [1.82, 2.24) is 15.8 Å². The molecule has 0 spiro atoms. The number of aliphatic hydroxyl groups excluding tert-OH is 1. The van der Waals surface area contributed by atoms with Crippen molar-refractivity contribution in [2.75, 3.05) is 6.61 Å². The van der Waals surface area contributed by atoms with Crippen molar-refractivity contribution < 1.29 is 24.0 Å². The second-order valence-corrected chi connectivity index (χ2v) is 9.35. The maximum Gasteiger partial charge on any atom is 0.408 e. The molecule has 0 aliphatic heterocycles. The van der Waals surface area contributed by atoms with Crippen molar-refractivity contribution >= 4 is 12.0 Å². The van der Waals surface area contributed by atoms with Crippen molar-refractivity contribution in [3.05, 3.63) is 53.4 Å². The van der Waals surface area contributed by atoms with Crippen molar-refractivity contribution in [2.45, 2.75) is 77.5 Å². The lowest BCUT2D eigenvalue weighted by Crippen LogP contribution is -2.56. The lowest BCUT2D eigenvalue weighted by Gasteiger charge is -2.29. The Labute approximate surface area is 189 Å². The molecule has 0 radical (unpaired) electrons. The zero-order valence-electron chi connectivity index (χ0n) is 19.6. The molecular formula is C24H35N3O5. The van der Waals surface area contributed by atoms with E-state index in [1.807, 2.05) is 18.2 Å². The third-order valence-electron chi connectivity index (χ3n) is 4.87. The zero-order chi connectivity index (χ0) is 23.8. The first-order valence-electron chi connectivity index (χ1n) is 10.9. The fourth-order valence-electron chi connectivity index (χ4n) is 3.25. The lowest BCUT2D eigenvalue weighted by atomic mass is 9.97. The Morgan fingerprint density at radius 1 is 1.12 bits per heavy atom. The Morgan fingerprint density at radius 2 is 1.81 bits per heavy atom. The molecule has 1 aromatic carbocycles. The first-order chi connectivity index (χ1) is 15.0. The Kier molecular flexibility index (Phi) is 8.83. The van der Waals surface area contributed by atoms with Crippen LogP contribution in [0.5, 0.6) is 0 Å². The number of aromatic nitrogens is 1. The van der Waals surface area contributed by atoms with E-state index in [0.717, 1.165) is 18.4 Å². The molecule has 176 valence electrons. The Morgan fingerprint density at radius 3 is 2.44 bits per heavy atom. The summed E-state index contributed by atoms with van der Waals surface area (Å²) in [6.07, 6.45) is 3.48. The molecule has 2 rings (SSSR count). The van der Waals surface area contributed by atoms with E-state index in [-0.39, 0.29) is 12.5 Å². The molecule has 0 bridgehead atoms. The third kappa shape index (κ3) is 8.00. The van der Waals surface area contributed by atoms with Gasteiger partial charge in [-0.1, -0.05) is 35.5 Å². The summed E-state index contributed by atoms with van der Waals surface area (Å²) in [6.45, 7) is 8.46. The van der Waals surface area contributed by atoms with E-state index < -0.39 is 23.3 Å². The van der Waals surface area contributed by atoms with Crippen LogP contribution in [0.15, 0.2) is 41.1 Å². The summed E-state index contributed by atoms with van der Waals surface area (Å²) >= 11 is 0. The number of amides is 2. The highest BCUT2D eigenvalue weighted by molar-refractivity contribution is 5.89. The summed E-state index contributed by atoms with van der Waals surface area (Å²) in [6, 6.07) is 9.67. The minimum atomic E-state index is -1.21. The summed E-state index contributed by atoms with van der Waals surface area (Å²) in [7, 11) is 0. The lowest BCUT2D eigenvalue weighted by molar-refractivity contribution is -0.127. The highest BCUT2D eigenvalue weighted by Crippen LogP contribution is 2.24. The Balaban J connectivity index is 2.11. The molecular weight excluding hydrogens is 410 g/mol. The van der Waals surface area contributed by atoms with Crippen LogP contribution in [0.2, 0.25) is 0 Å². The first-order valence-corrected chi connectivity index (χ1v) is 10.9. The topological polar surface area (TPSA) is 114 Å². The molecule has 32 heavy (non-hydrogen) atoms. The molecule has 1 unspecified atom stereocenters. The first kappa shape index (κ1) is 25.4. The number of alkyl carbamates (subject to hydrolysis) is 1. The quantitative estimate of drug-likeness (QED) is 0.514. The number of hydrogen-bond acceptors (Lipinski definition) is 6. The zero-order valence-corrected chi connectivity index (χ0v) is 19.6. The normalized spacial score (nSPS) is 12.8. The number of nitrogens with zero attached hydrogens (tertiary/aromatic N) is 1. The molecule has 3 N–H and O–H groups in total. The minimum Gasteiger partial charge on any atom is -0.444 e. The monoisotopic (exact) mass is 445 g/mol. The Bertz CT molecular complexity index is 871. The van der Waals surface area contributed by atoms with Gasteiger partial charge in [0.1, 0.15) is 23.1 Å². The van der Waals surface area contributed by atoms with Gasteiger partial charge in [0.05, 0.1) is 6.04 Å². The number of aliphatic hydroxyl groups is 1. The molecule has 8 heteroatoms. The van der Waals surface area contributed by atoms with Gasteiger partial charge in [-0.25, -0.2) is 4.79 Å². The van der Waals surface area contributed by atoms with E-state index in [0.29, 0.717) is 18.5 Å². The van der Waals surface area contributed by atoms with Crippen LogP contribution in [-0.2, 0) is 22.4 Å². The van der Waals surface area contributed by atoms with Gasteiger partial charge in [-0.05, 0) is 59.4 Å². The van der Waals surface area contributed by atoms with Gasteiger partial charge in [0.2, 0.25) is 5.91 Å². The Hall–Kier alpha value is -2.87. The molecule has 2 aromatic rings. The van der Waals surface area contributed by atoms with Crippen LogP contribution in [0.3, 0.4) is 0 Å². The molecule has 0 aliphatic rings. The van der Waals surface area contributed by atoms with Gasteiger partial charge in [-0.3, -0.25) is 4.79 Å². The van der Waals surface area contributed by atoms with E-state index >= 15 is 0 Å².